The van der Waals surface area contributed by atoms with Gasteiger partial charge in [0.1, 0.15) is 0 Å². The van der Waals surface area contributed by atoms with Crippen LogP contribution in [0.3, 0.4) is 0 Å². The van der Waals surface area contributed by atoms with E-state index in [1.54, 1.807) is 0 Å². The molecule has 2 aromatic heterocycles. The van der Waals surface area contributed by atoms with Gasteiger partial charge in [0.05, 0.1) is 11.3 Å². The lowest BCUT2D eigenvalue weighted by Crippen LogP contribution is -2.31. The van der Waals surface area contributed by atoms with Crippen LogP contribution in [0.15, 0.2) is 29.4 Å². The third-order valence-electron chi connectivity index (χ3n) is 5.67. The highest BCUT2D eigenvalue weighted by molar-refractivity contribution is 7.99. The van der Waals surface area contributed by atoms with Gasteiger partial charge in [-0.1, -0.05) is 44.2 Å². The van der Waals surface area contributed by atoms with Gasteiger partial charge in [-0.2, -0.15) is 4.52 Å². The van der Waals surface area contributed by atoms with Gasteiger partial charge in [-0.05, 0) is 50.4 Å². The lowest BCUT2D eigenvalue weighted by atomic mass is 10.1. The number of piperidine rings is 1. The number of amides is 1. The first kappa shape index (κ1) is 22.0. The number of nitrogens with zero attached hydrogens (tertiary/aromatic N) is 5. The second-order valence-corrected chi connectivity index (χ2v) is 9.59. The van der Waals surface area contributed by atoms with E-state index in [2.05, 4.69) is 24.1 Å². The van der Waals surface area contributed by atoms with Crippen LogP contribution in [0.5, 0.6) is 0 Å². The number of hydrogen-bond donors (Lipinski definition) is 1. The van der Waals surface area contributed by atoms with E-state index >= 15 is 0 Å². The molecule has 0 aliphatic carbocycles. The highest BCUT2D eigenvalue weighted by atomic mass is 32.2. The maximum Gasteiger partial charge on any atom is 0.230 e. The smallest absolute Gasteiger partial charge is 0.230 e. The number of carbonyl (C=O) groups excluding carboxylic acids is 1. The number of rotatable bonds is 9. The molecule has 3 heterocycles. The number of para-hydroxylation sites is 1. The normalized spacial score (nSPS) is 15.2. The Morgan fingerprint density at radius 1 is 1.16 bits per heavy atom. The maximum atomic E-state index is 12.3. The molecule has 1 amide bonds. The minimum absolute atomic E-state index is 0.0270. The van der Waals surface area contributed by atoms with Crippen molar-refractivity contribution in [2.45, 2.75) is 51.1 Å². The second-order valence-electron chi connectivity index (χ2n) is 8.65. The van der Waals surface area contributed by atoms with E-state index in [0.29, 0.717) is 23.4 Å². The summed E-state index contributed by atoms with van der Waals surface area (Å²) in [5.74, 6) is 1.76. The summed E-state index contributed by atoms with van der Waals surface area (Å²) in [7, 11) is 0. The van der Waals surface area contributed by atoms with Crippen LogP contribution >= 0.6 is 11.8 Å². The largest absolute Gasteiger partial charge is 0.355 e. The molecule has 3 aromatic rings. The van der Waals surface area contributed by atoms with Crippen LogP contribution < -0.4 is 5.32 Å². The number of carbonyl (C=O) groups is 1. The van der Waals surface area contributed by atoms with Gasteiger partial charge >= 0.3 is 0 Å². The molecule has 0 unspecified atom stereocenters. The number of aromatic nitrogens is 4. The van der Waals surface area contributed by atoms with Crippen molar-refractivity contribution in [2.75, 3.05) is 31.9 Å². The van der Waals surface area contributed by atoms with Crippen molar-refractivity contribution in [1.29, 1.82) is 0 Å². The molecule has 0 radical (unpaired) electrons. The van der Waals surface area contributed by atoms with Crippen LogP contribution in [0.25, 0.3) is 16.6 Å². The highest BCUT2D eigenvalue weighted by Gasteiger charge is 2.16. The summed E-state index contributed by atoms with van der Waals surface area (Å²) in [6, 6.07) is 8.01. The molecule has 1 aliphatic rings. The Morgan fingerprint density at radius 2 is 1.97 bits per heavy atom. The van der Waals surface area contributed by atoms with E-state index in [1.807, 2.05) is 28.8 Å². The van der Waals surface area contributed by atoms with Gasteiger partial charge in [0, 0.05) is 24.9 Å². The fourth-order valence-corrected chi connectivity index (χ4v) is 4.67. The molecule has 1 aromatic carbocycles. The van der Waals surface area contributed by atoms with Crippen LogP contribution in [0.2, 0.25) is 0 Å². The summed E-state index contributed by atoms with van der Waals surface area (Å²) in [6.45, 7) is 8.36. The molecule has 0 bridgehead atoms. The zero-order chi connectivity index (χ0) is 21.6. The summed E-state index contributed by atoms with van der Waals surface area (Å²) in [5.41, 5.74) is 1.70. The van der Waals surface area contributed by atoms with E-state index in [1.165, 1.54) is 44.1 Å². The molecule has 0 atom stereocenters. The van der Waals surface area contributed by atoms with Crippen LogP contribution in [-0.2, 0) is 11.2 Å². The molecule has 0 spiro atoms. The van der Waals surface area contributed by atoms with Gasteiger partial charge in [-0.15, -0.1) is 5.10 Å². The van der Waals surface area contributed by atoms with Gasteiger partial charge in [0.25, 0.3) is 0 Å². The van der Waals surface area contributed by atoms with E-state index in [0.717, 1.165) is 41.8 Å². The zero-order valence-corrected chi connectivity index (χ0v) is 19.3. The minimum Gasteiger partial charge on any atom is -0.355 e. The molecule has 1 fully saturated rings. The van der Waals surface area contributed by atoms with Gasteiger partial charge in [-0.25, -0.2) is 9.97 Å². The fourth-order valence-electron chi connectivity index (χ4n) is 3.89. The predicted octanol–water partition coefficient (Wildman–Crippen LogP) is 3.56. The van der Waals surface area contributed by atoms with E-state index in [-0.39, 0.29) is 5.91 Å². The van der Waals surface area contributed by atoms with Gasteiger partial charge in [0.15, 0.2) is 16.6 Å². The van der Waals surface area contributed by atoms with Crippen molar-refractivity contribution < 1.29 is 4.79 Å². The van der Waals surface area contributed by atoms with Crippen molar-refractivity contribution in [2.24, 2.45) is 5.92 Å². The number of thioether (sulfide) groups is 1. The summed E-state index contributed by atoms with van der Waals surface area (Å²) in [4.78, 5) is 24.4. The molecule has 8 heteroatoms. The molecule has 1 aliphatic heterocycles. The van der Waals surface area contributed by atoms with Crippen molar-refractivity contribution in [3.05, 3.63) is 30.1 Å². The molecule has 4 rings (SSSR count). The summed E-state index contributed by atoms with van der Waals surface area (Å²) < 4.78 is 1.82. The SMILES string of the molecule is CC(C)CCNC(=O)CSc1nc2ccccc2c2nc(CCN3CCCCC3)nn12. The number of nitrogens with one attached hydrogen (secondary N) is 1. The van der Waals surface area contributed by atoms with Crippen LogP contribution in [0, 0.1) is 5.92 Å². The number of benzene rings is 1. The standard InChI is InChI=1S/C23H32N6OS/c1-17(2)10-12-24-21(30)16-31-23-25-19-9-5-4-8-18(19)22-26-20(27-29(22)23)11-15-28-13-6-3-7-14-28/h4-5,8-9,17H,3,6-7,10-16H2,1-2H3,(H,24,30). The lowest BCUT2D eigenvalue weighted by Gasteiger charge is -2.25. The molecule has 0 saturated carbocycles. The third-order valence-corrected chi connectivity index (χ3v) is 6.60. The first-order chi connectivity index (χ1) is 15.1. The van der Waals surface area contributed by atoms with Crippen LogP contribution in [-0.4, -0.2) is 62.3 Å². The number of fused-ring (bicyclic) bond motifs is 3. The molecule has 31 heavy (non-hydrogen) atoms. The Labute approximate surface area is 188 Å². The fraction of sp³-hybridized carbons (Fsp3) is 0.565. The zero-order valence-electron chi connectivity index (χ0n) is 18.5. The quantitative estimate of drug-likeness (QED) is 0.405. The Hall–Kier alpha value is -2.19. The van der Waals surface area contributed by atoms with Gasteiger partial charge in [-0.3, -0.25) is 4.79 Å². The van der Waals surface area contributed by atoms with Crippen LogP contribution in [0.1, 0.15) is 45.4 Å². The first-order valence-electron chi connectivity index (χ1n) is 11.4. The summed E-state index contributed by atoms with van der Waals surface area (Å²) in [5, 5.41) is 9.47. The van der Waals surface area contributed by atoms with E-state index in [9.17, 15) is 4.79 Å². The number of hydrogen-bond acceptors (Lipinski definition) is 6. The molecule has 7 nitrogen and oxygen atoms in total. The second kappa shape index (κ2) is 10.4. The lowest BCUT2D eigenvalue weighted by molar-refractivity contribution is -0.118. The minimum atomic E-state index is 0.0270. The Morgan fingerprint density at radius 3 is 2.77 bits per heavy atom. The monoisotopic (exact) mass is 440 g/mol. The van der Waals surface area contributed by atoms with Crippen molar-refractivity contribution in [3.8, 4) is 0 Å². The topological polar surface area (TPSA) is 75.4 Å². The van der Waals surface area contributed by atoms with E-state index < -0.39 is 0 Å². The number of likely N-dealkylation sites (tertiary alicyclic amines) is 1. The van der Waals surface area contributed by atoms with E-state index in [4.69, 9.17) is 15.1 Å². The maximum absolute atomic E-state index is 12.3. The molecule has 166 valence electrons. The molecule has 1 saturated heterocycles. The van der Waals surface area contributed by atoms with Crippen molar-refractivity contribution in [1.82, 2.24) is 29.8 Å². The summed E-state index contributed by atoms with van der Waals surface area (Å²) in [6.07, 6.45) is 5.72. The molecule has 1 N–H and O–H groups in total. The van der Waals surface area contributed by atoms with Gasteiger partial charge in [0.2, 0.25) is 5.91 Å². The Bertz CT molecular complexity index is 1030. The van der Waals surface area contributed by atoms with Crippen molar-refractivity contribution in [3.63, 3.8) is 0 Å². The third kappa shape index (κ3) is 5.74. The predicted molar refractivity (Wildman–Crippen MR) is 125 cm³/mol. The molecular weight excluding hydrogens is 408 g/mol. The first-order valence-corrected chi connectivity index (χ1v) is 12.3. The summed E-state index contributed by atoms with van der Waals surface area (Å²) >= 11 is 1.42. The van der Waals surface area contributed by atoms with Crippen LogP contribution in [0.4, 0.5) is 0 Å². The average molecular weight is 441 g/mol. The Kier molecular flexibility index (Phi) is 7.40. The van der Waals surface area contributed by atoms with Crippen molar-refractivity contribution >= 4 is 34.2 Å². The highest BCUT2D eigenvalue weighted by Crippen LogP contribution is 2.24. The van der Waals surface area contributed by atoms with Gasteiger partial charge < -0.3 is 10.2 Å². The average Bonchev–Trinajstić information content (AvgIpc) is 3.21. The Balaban J connectivity index is 1.51. The molecular formula is C23H32N6OS.